The van der Waals surface area contributed by atoms with Crippen LogP contribution in [0.3, 0.4) is 0 Å². The standard InChI is InChI=1S/C12H18N2OS/c1-3-6-14-7-4-9-5-8-16-11(9)10(13-2)12(14)15/h5,8,10,13H,3-4,6-7H2,1-2H3. The van der Waals surface area contributed by atoms with Crippen LogP contribution in [-0.4, -0.2) is 30.9 Å². The lowest BCUT2D eigenvalue weighted by molar-refractivity contribution is -0.133. The number of nitrogens with one attached hydrogen (secondary N) is 1. The minimum atomic E-state index is -0.135. The van der Waals surface area contributed by atoms with Crippen LogP contribution in [0.5, 0.6) is 0 Å². The maximum absolute atomic E-state index is 12.3. The Balaban J connectivity index is 2.28. The highest BCUT2D eigenvalue weighted by molar-refractivity contribution is 7.10. The van der Waals surface area contributed by atoms with E-state index in [0.717, 1.165) is 25.9 Å². The molecule has 1 aromatic heterocycles. The molecule has 0 aliphatic carbocycles. The van der Waals surface area contributed by atoms with Crippen LogP contribution in [-0.2, 0) is 11.2 Å². The number of likely N-dealkylation sites (N-methyl/N-ethyl adjacent to an activating group) is 1. The van der Waals surface area contributed by atoms with Crippen LogP contribution < -0.4 is 5.32 Å². The largest absolute Gasteiger partial charge is 0.341 e. The van der Waals surface area contributed by atoms with Crippen molar-refractivity contribution in [1.82, 2.24) is 10.2 Å². The molecule has 16 heavy (non-hydrogen) atoms. The number of thiophene rings is 1. The average Bonchev–Trinajstić information content (AvgIpc) is 2.69. The van der Waals surface area contributed by atoms with Crippen molar-refractivity contribution in [2.75, 3.05) is 20.1 Å². The first-order chi connectivity index (χ1) is 7.77. The molecule has 0 fully saturated rings. The van der Waals surface area contributed by atoms with Crippen molar-refractivity contribution >= 4 is 17.2 Å². The van der Waals surface area contributed by atoms with Crippen LogP contribution in [0.25, 0.3) is 0 Å². The Kier molecular flexibility index (Phi) is 3.61. The zero-order valence-electron chi connectivity index (χ0n) is 9.82. The number of hydrogen-bond acceptors (Lipinski definition) is 3. The molecule has 0 radical (unpaired) electrons. The molecule has 1 aliphatic rings. The van der Waals surface area contributed by atoms with E-state index in [1.165, 1.54) is 10.4 Å². The minimum Gasteiger partial charge on any atom is -0.341 e. The smallest absolute Gasteiger partial charge is 0.245 e. The van der Waals surface area contributed by atoms with Gasteiger partial charge in [0.15, 0.2) is 0 Å². The summed E-state index contributed by atoms with van der Waals surface area (Å²) in [6, 6.07) is 2.01. The molecular weight excluding hydrogens is 220 g/mol. The average molecular weight is 238 g/mol. The van der Waals surface area contributed by atoms with Crippen LogP contribution in [0, 0.1) is 0 Å². The van der Waals surface area contributed by atoms with Gasteiger partial charge in [-0.3, -0.25) is 4.79 Å². The van der Waals surface area contributed by atoms with E-state index in [2.05, 4.69) is 23.7 Å². The van der Waals surface area contributed by atoms with Gasteiger partial charge in [0.05, 0.1) is 0 Å². The third kappa shape index (κ3) is 1.99. The van der Waals surface area contributed by atoms with Crippen LogP contribution in [0.15, 0.2) is 11.4 Å². The van der Waals surface area contributed by atoms with Gasteiger partial charge in [-0.1, -0.05) is 6.92 Å². The van der Waals surface area contributed by atoms with Gasteiger partial charge in [-0.05, 0) is 36.9 Å². The first kappa shape index (κ1) is 11.6. The molecule has 1 aromatic rings. The molecular formula is C12H18N2OS. The molecule has 1 amide bonds. The van der Waals surface area contributed by atoms with E-state index in [1.54, 1.807) is 11.3 Å². The zero-order valence-corrected chi connectivity index (χ0v) is 10.6. The summed E-state index contributed by atoms with van der Waals surface area (Å²) in [5.74, 6) is 0.227. The highest BCUT2D eigenvalue weighted by Gasteiger charge is 2.29. The topological polar surface area (TPSA) is 32.3 Å². The number of nitrogens with zero attached hydrogens (tertiary/aromatic N) is 1. The van der Waals surface area contributed by atoms with Crippen LogP contribution in [0.1, 0.15) is 29.8 Å². The van der Waals surface area contributed by atoms with E-state index in [0.29, 0.717) is 0 Å². The molecule has 3 nitrogen and oxygen atoms in total. The SMILES string of the molecule is CCCN1CCc2ccsc2C(NC)C1=O. The van der Waals surface area contributed by atoms with Crippen LogP contribution in [0.2, 0.25) is 0 Å². The molecule has 88 valence electrons. The van der Waals surface area contributed by atoms with E-state index in [9.17, 15) is 4.79 Å². The second-order valence-corrected chi connectivity index (χ2v) is 5.05. The van der Waals surface area contributed by atoms with Crippen molar-refractivity contribution < 1.29 is 4.79 Å². The molecule has 2 rings (SSSR count). The fourth-order valence-electron chi connectivity index (χ4n) is 2.21. The molecule has 0 saturated heterocycles. The van der Waals surface area contributed by atoms with Gasteiger partial charge >= 0.3 is 0 Å². The lowest BCUT2D eigenvalue weighted by atomic mass is 10.1. The normalized spacial score (nSPS) is 20.8. The third-order valence-electron chi connectivity index (χ3n) is 3.03. The molecule has 1 aliphatic heterocycles. The molecule has 4 heteroatoms. The summed E-state index contributed by atoms with van der Waals surface area (Å²) in [4.78, 5) is 15.5. The van der Waals surface area contributed by atoms with E-state index in [-0.39, 0.29) is 11.9 Å². The predicted molar refractivity (Wildman–Crippen MR) is 66.7 cm³/mol. The summed E-state index contributed by atoms with van der Waals surface area (Å²) >= 11 is 1.69. The second kappa shape index (κ2) is 4.97. The van der Waals surface area contributed by atoms with Crippen molar-refractivity contribution in [3.05, 3.63) is 21.9 Å². The molecule has 0 saturated carbocycles. The number of carbonyl (C=O) groups excluding carboxylic acids is 1. The Morgan fingerprint density at radius 2 is 2.44 bits per heavy atom. The van der Waals surface area contributed by atoms with Gasteiger partial charge < -0.3 is 10.2 Å². The van der Waals surface area contributed by atoms with Gasteiger partial charge in [-0.2, -0.15) is 0 Å². The quantitative estimate of drug-likeness (QED) is 0.871. The molecule has 1 atom stereocenters. The fraction of sp³-hybridized carbons (Fsp3) is 0.583. The van der Waals surface area contributed by atoms with Crippen molar-refractivity contribution in [2.24, 2.45) is 0 Å². The maximum Gasteiger partial charge on any atom is 0.245 e. The zero-order chi connectivity index (χ0) is 11.5. The number of fused-ring (bicyclic) bond motifs is 1. The van der Waals surface area contributed by atoms with Crippen molar-refractivity contribution in [1.29, 1.82) is 0 Å². The van der Waals surface area contributed by atoms with Gasteiger partial charge in [0, 0.05) is 18.0 Å². The Morgan fingerprint density at radius 1 is 1.62 bits per heavy atom. The first-order valence-electron chi connectivity index (χ1n) is 5.80. The highest BCUT2D eigenvalue weighted by atomic mass is 32.1. The summed E-state index contributed by atoms with van der Waals surface area (Å²) in [6.45, 7) is 3.84. The maximum atomic E-state index is 12.3. The highest BCUT2D eigenvalue weighted by Crippen LogP contribution is 2.29. The Hall–Kier alpha value is -0.870. The number of amides is 1. The van der Waals surface area contributed by atoms with Gasteiger partial charge in [-0.25, -0.2) is 0 Å². The van der Waals surface area contributed by atoms with E-state index in [4.69, 9.17) is 0 Å². The Labute approximate surface area is 100 Å². The van der Waals surface area contributed by atoms with Crippen LogP contribution >= 0.6 is 11.3 Å². The van der Waals surface area contributed by atoms with E-state index < -0.39 is 0 Å². The summed E-state index contributed by atoms with van der Waals surface area (Å²) in [6.07, 6.45) is 2.01. The van der Waals surface area contributed by atoms with Crippen molar-refractivity contribution in [3.63, 3.8) is 0 Å². The first-order valence-corrected chi connectivity index (χ1v) is 6.68. The monoisotopic (exact) mass is 238 g/mol. The molecule has 2 heterocycles. The van der Waals surface area contributed by atoms with E-state index >= 15 is 0 Å². The number of carbonyl (C=O) groups is 1. The van der Waals surface area contributed by atoms with Crippen molar-refractivity contribution in [2.45, 2.75) is 25.8 Å². The Morgan fingerprint density at radius 3 is 3.12 bits per heavy atom. The van der Waals surface area contributed by atoms with Crippen LogP contribution in [0.4, 0.5) is 0 Å². The van der Waals surface area contributed by atoms with Gasteiger partial charge in [0.1, 0.15) is 6.04 Å². The summed E-state index contributed by atoms with van der Waals surface area (Å²) in [7, 11) is 1.86. The lowest BCUT2D eigenvalue weighted by Crippen LogP contribution is -2.39. The predicted octanol–water partition coefficient (Wildman–Crippen LogP) is 1.80. The minimum absolute atomic E-state index is 0.135. The molecule has 1 unspecified atom stereocenters. The molecule has 0 spiro atoms. The third-order valence-corrected chi connectivity index (χ3v) is 4.06. The molecule has 0 aromatic carbocycles. The number of hydrogen-bond donors (Lipinski definition) is 1. The molecule has 0 bridgehead atoms. The van der Waals surface area contributed by atoms with Crippen molar-refractivity contribution in [3.8, 4) is 0 Å². The van der Waals surface area contributed by atoms with Gasteiger partial charge in [0.25, 0.3) is 0 Å². The summed E-state index contributed by atoms with van der Waals surface area (Å²) < 4.78 is 0. The Bertz CT molecular complexity index is 375. The molecule has 1 N–H and O–H groups in total. The van der Waals surface area contributed by atoms with E-state index in [1.807, 2.05) is 11.9 Å². The lowest BCUT2D eigenvalue weighted by Gasteiger charge is -2.23. The second-order valence-electron chi connectivity index (χ2n) is 4.11. The van der Waals surface area contributed by atoms with Gasteiger partial charge in [0.2, 0.25) is 5.91 Å². The number of rotatable bonds is 3. The summed E-state index contributed by atoms with van der Waals surface area (Å²) in [5, 5.41) is 5.22. The van der Waals surface area contributed by atoms with Gasteiger partial charge in [-0.15, -0.1) is 11.3 Å². The summed E-state index contributed by atoms with van der Waals surface area (Å²) in [5.41, 5.74) is 1.33. The fourth-order valence-corrected chi connectivity index (χ4v) is 3.27.